The van der Waals surface area contributed by atoms with E-state index in [1.807, 2.05) is 6.92 Å². The zero-order valence-corrected chi connectivity index (χ0v) is 6.49. The lowest BCUT2D eigenvalue weighted by atomic mass is 10.4. The molecule has 0 aromatic carbocycles. The molecule has 9 heavy (non-hydrogen) atoms. The van der Waals surface area contributed by atoms with Crippen LogP contribution in [0.25, 0.3) is 0 Å². The molecule has 0 bridgehead atoms. The summed E-state index contributed by atoms with van der Waals surface area (Å²) in [6.45, 7) is 3.70. The van der Waals surface area contributed by atoms with Gasteiger partial charge in [-0.05, 0) is 19.3 Å². The van der Waals surface area contributed by atoms with Crippen LogP contribution >= 0.6 is 12.4 Å². The second-order valence-electron chi connectivity index (χ2n) is 2.32. The van der Waals surface area contributed by atoms with Crippen molar-refractivity contribution in [2.75, 3.05) is 13.2 Å². The van der Waals surface area contributed by atoms with Gasteiger partial charge in [-0.3, -0.25) is 0 Å². The monoisotopic (exact) mass is 151 g/mol. The van der Waals surface area contributed by atoms with E-state index in [0.717, 1.165) is 13.2 Å². The first-order valence-corrected chi connectivity index (χ1v) is 3.18. The summed E-state index contributed by atoms with van der Waals surface area (Å²) >= 11 is 0. The van der Waals surface area contributed by atoms with Gasteiger partial charge in [-0.25, -0.2) is 0 Å². The standard InChI is InChI=1S/C6H13NO.ClH/c1-2-8-4-5-3-6(5)7;/h5-6H,2-4,7H2,1H3;1H/t5-,6?;/m0./s1. The van der Waals surface area contributed by atoms with Crippen LogP contribution in [0.3, 0.4) is 0 Å². The molecule has 0 heterocycles. The van der Waals surface area contributed by atoms with Crippen molar-refractivity contribution in [3.8, 4) is 0 Å². The molecular weight excluding hydrogens is 138 g/mol. The molecule has 1 rings (SSSR count). The van der Waals surface area contributed by atoms with E-state index in [9.17, 15) is 0 Å². The molecule has 0 amide bonds. The molecular formula is C6H14ClNO. The van der Waals surface area contributed by atoms with Crippen molar-refractivity contribution in [1.29, 1.82) is 0 Å². The van der Waals surface area contributed by atoms with E-state index in [1.165, 1.54) is 6.42 Å². The lowest BCUT2D eigenvalue weighted by Gasteiger charge is -1.95. The SMILES string of the molecule is CCOC[C@@H]1CC1N.Cl. The Morgan fingerprint density at radius 1 is 1.67 bits per heavy atom. The van der Waals surface area contributed by atoms with Crippen LogP contribution in [0.5, 0.6) is 0 Å². The Morgan fingerprint density at radius 3 is 2.56 bits per heavy atom. The van der Waals surface area contributed by atoms with Gasteiger partial charge in [-0.1, -0.05) is 0 Å². The number of rotatable bonds is 3. The molecule has 0 aromatic heterocycles. The molecule has 2 N–H and O–H groups in total. The Morgan fingerprint density at radius 2 is 2.22 bits per heavy atom. The highest BCUT2D eigenvalue weighted by molar-refractivity contribution is 5.85. The molecule has 1 aliphatic rings. The Kier molecular flexibility index (Phi) is 4.19. The topological polar surface area (TPSA) is 35.2 Å². The maximum absolute atomic E-state index is 5.53. The van der Waals surface area contributed by atoms with Gasteiger partial charge in [-0.2, -0.15) is 0 Å². The van der Waals surface area contributed by atoms with Crippen LogP contribution in [0.15, 0.2) is 0 Å². The first kappa shape index (κ1) is 9.21. The van der Waals surface area contributed by atoms with Crippen molar-refractivity contribution in [1.82, 2.24) is 0 Å². The minimum Gasteiger partial charge on any atom is -0.381 e. The van der Waals surface area contributed by atoms with Crippen LogP contribution < -0.4 is 5.73 Å². The van der Waals surface area contributed by atoms with Crippen LogP contribution in [0.1, 0.15) is 13.3 Å². The van der Waals surface area contributed by atoms with Crippen LogP contribution in [0.2, 0.25) is 0 Å². The minimum absolute atomic E-state index is 0. The van der Waals surface area contributed by atoms with Crippen molar-refractivity contribution in [3.63, 3.8) is 0 Å². The molecule has 0 saturated heterocycles. The Labute approximate surface area is 62.2 Å². The number of hydrogen-bond donors (Lipinski definition) is 1. The summed E-state index contributed by atoms with van der Waals surface area (Å²) in [5, 5.41) is 0. The van der Waals surface area contributed by atoms with Crippen LogP contribution in [0.4, 0.5) is 0 Å². The average molecular weight is 152 g/mol. The molecule has 2 atom stereocenters. The van der Waals surface area contributed by atoms with E-state index in [0.29, 0.717) is 12.0 Å². The van der Waals surface area contributed by atoms with Crippen molar-refractivity contribution in [3.05, 3.63) is 0 Å². The molecule has 0 spiro atoms. The van der Waals surface area contributed by atoms with Gasteiger partial charge in [0.25, 0.3) is 0 Å². The van der Waals surface area contributed by atoms with Crippen molar-refractivity contribution in [2.24, 2.45) is 11.7 Å². The molecule has 0 aromatic rings. The Bertz CT molecular complexity index is 79.5. The molecule has 3 heteroatoms. The Balaban J connectivity index is 0.000000640. The summed E-state index contributed by atoms with van der Waals surface area (Å²) in [6.07, 6.45) is 1.17. The van der Waals surface area contributed by atoms with E-state index in [4.69, 9.17) is 10.5 Å². The minimum atomic E-state index is 0. The fourth-order valence-corrected chi connectivity index (χ4v) is 0.732. The van der Waals surface area contributed by atoms with Gasteiger partial charge in [-0.15, -0.1) is 12.4 Å². The number of hydrogen-bond acceptors (Lipinski definition) is 2. The third kappa shape index (κ3) is 3.04. The molecule has 1 fully saturated rings. The third-order valence-corrected chi connectivity index (χ3v) is 1.51. The summed E-state index contributed by atoms with van der Waals surface area (Å²) < 4.78 is 5.15. The molecule has 2 nitrogen and oxygen atoms in total. The molecule has 1 saturated carbocycles. The summed E-state index contributed by atoms with van der Waals surface area (Å²) in [6, 6.07) is 0.446. The number of ether oxygens (including phenoxy) is 1. The zero-order valence-electron chi connectivity index (χ0n) is 5.67. The lowest BCUT2D eigenvalue weighted by Crippen LogP contribution is -2.06. The predicted molar refractivity (Wildman–Crippen MR) is 39.8 cm³/mol. The summed E-state index contributed by atoms with van der Waals surface area (Å²) in [4.78, 5) is 0. The molecule has 1 unspecified atom stereocenters. The lowest BCUT2D eigenvalue weighted by molar-refractivity contribution is 0.136. The highest BCUT2D eigenvalue weighted by atomic mass is 35.5. The van der Waals surface area contributed by atoms with Crippen molar-refractivity contribution in [2.45, 2.75) is 19.4 Å². The fraction of sp³-hybridized carbons (Fsp3) is 1.00. The van der Waals surface area contributed by atoms with E-state index in [1.54, 1.807) is 0 Å². The first-order valence-electron chi connectivity index (χ1n) is 3.18. The molecule has 56 valence electrons. The second kappa shape index (κ2) is 4.09. The predicted octanol–water partition coefficient (Wildman–Crippen LogP) is 0.792. The van der Waals surface area contributed by atoms with Crippen molar-refractivity contribution >= 4 is 12.4 Å². The summed E-state index contributed by atoms with van der Waals surface area (Å²) in [5.41, 5.74) is 5.53. The molecule has 0 radical (unpaired) electrons. The maximum atomic E-state index is 5.53. The van der Waals surface area contributed by atoms with Crippen molar-refractivity contribution < 1.29 is 4.74 Å². The van der Waals surface area contributed by atoms with E-state index < -0.39 is 0 Å². The number of nitrogens with two attached hydrogens (primary N) is 1. The normalized spacial score (nSPS) is 31.3. The van der Waals surface area contributed by atoms with Gasteiger partial charge in [0.1, 0.15) is 0 Å². The largest absolute Gasteiger partial charge is 0.381 e. The van der Waals surface area contributed by atoms with Gasteiger partial charge >= 0.3 is 0 Å². The van der Waals surface area contributed by atoms with E-state index in [-0.39, 0.29) is 12.4 Å². The second-order valence-corrected chi connectivity index (χ2v) is 2.32. The van der Waals surface area contributed by atoms with Gasteiger partial charge in [0, 0.05) is 12.6 Å². The van der Waals surface area contributed by atoms with Gasteiger partial charge in [0.2, 0.25) is 0 Å². The maximum Gasteiger partial charge on any atom is 0.0509 e. The van der Waals surface area contributed by atoms with E-state index >= 15 is 0 Å². The average Bonchev–Trinajstić information content (AvgIpc) is 2.42. The fourth-order valence-electron chi connectivity index (χ4n) is 0.732. The first-order chi connectivity index (χ1) is 3.84. The van der Waals surface area contributed by atoms with E-state index in [2.05, 4.69) is 0 Å². The number of halogens is 1. The summed E-state index contributed by atoms with van der Waals surface area (Å²) in [7, 11) is 0. The quantitative estimate of drug-likeness (QED) is 0.648. The molecule has 1 aliphatic carbocycles. The molecule has 0 aliphatic heterocycles. The highest BCUT2D eigenvalue weighted by Crippen LogP contribution is 2.27. The van der Waals surface area contributed by atoms with Gasteiger partial charge in [0.05, 0.1) is 6.61 Å². The van der Waals surface area contributed by atoms with Crippen LogP contribution in [-0.2, 0) is 4.74 Å². The van der Waals surface area contributed by atoms with Crippen LogP contribution in [-0.4, -0.2) is 19.3 Å². The summed E-state index contributed by atoms with van der Waals surface area (Å²) in [5.74, 6) is 0.676. The highest BCUT2D eigenvalue weighted by Gasteiger charge is 2.32. The van der Waals surface area contributed by atoms with Gasteiger partial charge in [0.15, 0.2) is 0 Å². The zero-order chi connectivity index (χ0) is 5.98. The van der Waals surface area contributed by atoms with Crippen LogP contribution in [0, 0.1) is 5.92 Å². The van der Waals surface area contributed by atoms with Gasteiger partial charge < -0.3 is 10.5 Å². The Hall–Kier alpha value is 0.210. The third-order valence-electron chi connectivity index (χ3n) is 1.51. The smallest absolute Gasteiger partial charge is 0.0509 e.